The van der Waals surface area contributed by atoms with Gasteiger partial charge < -0.3 is 15.1 Å². The number of hydrogen-bond acceptors (Lipinski definition) is 5. The molecule has 0 atom stereocenters. The number of nitrogens with zero attached hydrogens (tertiary/aromatic N) is 4. The lowest BCUT2D eigenvalue weighted by atomic mass is 10.2. The maximum atomic E-state index is 10.7. The van der Waals surface area contributed by atoms with Crippen molar-refractivity contribution in [2.45, 2.75) is 0 Å². The van der Waals surface area contributed by atoms with E-state index in [1.807, 2.05) is 0 Å². The zero-order valence-electron chi connectivity index (χ0n) is 13.3. The van der Waals surface area contributed by atoms with Crippen molar-refractivity contribution in [1.82, 2.24) is 9.88 Å². The first-order chi connectivity index (χ1) is 12.0. The number of thiocarbonyl (C=S) groups is 1. The summed E-state index contributed by atoms with van der Waals surface area (Å²) in [5, 5.41) is 15.0. The minimum absolute atomic E-state index is 0.0989. The largest absolute Gasteiger partial charge is 0.368 e. The van der Waals surface area contributed by atoms with E-state index in [4.69, 9.17) is 23.8 Å². The summed E-state index contributed by atoms with van der Waals surface area (Å²) in [6, 6.07) is 10.0. The molecule has 2 aromatic rings. The average Bonchev–Trinajstić information content (AvgIpc) is 2.62. The highest BCUT2D eigenvalue weighted by Gasteiger charge is 2.20. The molecule has 25 heavy (non-hydrogen) atoms. The Morgan fingerprint density at radius 3 is 2.48 bits per heavy atom. The number of piperazine rings is 1. The Morgan fingerprint density at radius 1 is 1.20 bits per heavy atom. The molecule has 0 amide bonds. The first kappa shape index (κ1) is 17.4. The van der Waals surface area contributed by atoms with Gasteiger partial charge in [-0.25, -0.2) is 4.98 Å². The molecule has 1 N–H and O–H groups in total. The van der Waals surface area contributed by atoms with Crippen molar-refractivity contribution in [3.05, 3.63) is 57.7 Å². The van der Waals surface area contributed by atoms with E-state index in [1.54, 1.807) is 30.5 Å². The molecule has 0 radical (unpaired) electrons. The number of aromatic nitrogens is 1. The number of hydrogen-bond donors (Lipinski definition) is 1. The Kier molecular flexibility index (Phi) is 5.30. The molecule has 9 heteroatoms. The Balaban J connectivity index is 1.56. The first-order valence-electron chi connectivity index (χ1n) is 7.70. The van der Waals surface area contributed by atoms with E-state index >= 15 is 0 Å². The highest BCUT2D eigenvalue weighted by atomic mass is 35.5. The van der Waals surface area contributed by atoms with Crippen LogP contribution < -0.4 is 10.2 Å². The maximum Gasteiger partial charge on any atom is 0.269 e. The van der Waals surface area contributed by atoms with Crippen molar-refractivity contribution in [3.63, 3.8) is 0 Å². The second kappa shape index (κ2) is 7.62. The van der Waals surface area contributed by atoms with Gasteiger partial charge in [0.1, 0.15) is 5.82 Å². The Hall–Kier alpha value is -2.45. The summed E-state index contributed by atoms with van der Waals surface area (Å²) in [5.41, 5.74) is 1.07. The third-order valence-corrected chi connectivity index (χ3v) is 4.54. The number of anilines is 2. The van der Waals surface area contributed by atoms with Gasteiger partial charge in [-0.15, -0.1) is 0 Å². The molecule has 0 spiro atoms. The molecule has 1 aromatic heterocycles. The quantitative estimate of drug-likeness (QED) is 0.500. The highest BCUT2D eigenvalue weighted by molar-refractivity contribution is 7.80. The summed E-state index contributed by atoms with van der Waals surface area (Å²) < 4.78 is 0. The molecule has 2 heterocycles. The van der Waals surface area contributed by atoms with Crippen LogP contribution in [0.4, 0.5) is 17.2 Å². The number of benzene rings is 1. The third-order valence-electron chi connectivity index (χ3n) is 3.95. The Bertz CT molecular complexity index is 778. The van der Waals surface area contributed by atoms with E-state index in [9.17, 15) is 10.1 Å². The minimum atomic E-state index is -0.393. The van der Waals surface area contributed by atoms with Crippen LogP contribution in [0, 0.1) is 10.1 Å². The second-order valence-electron chi connectivity index (χ2n) is 5.54. The van der Waals surface area contributed by atoms with Gasteiger partial charge >= 0.3 is 0 Å². The van der Waals surface area contributed by atoms with Crippen molar-refractivity contribution in [2.24, 2.45) is 0 Å². The van der Waals surface area contributed by atoms with Gasteiger partial charge in [-0.3, -0.25) is 10.1 Å². The van der Waals surface area contributed by atoms with Gasteiger partial charge in [-0.05, 0) is 36.5 Å². The van der Waals surface area contributed by atoms with Gasteiger partial charge in [0.05, 0.1) is 4.92 Å². The Morgan fingerprint density at radius 2 is 1.88 bits per heavy atom. The maximum absolute atomic E-state index is 10.7. The molecule has 0 saturated carbocycles. The van der Waals surface area contributed by atoms with Crippen LogP contribution in [0.15, 0.2) is 42.6 Å². The van der Waals surface area contributed by atoms with Crippen molar-refractivity contribution in [1.29, 1.82) is 0 Å². The van der Waals surface area contributed by atoms with Crippen LogP contribution in [0.3, 0.4) is 0 Å². The summed E-state index contributed by atoms with van der Waals surface area (Å²) in [4.78, 5) is 18.8. The molecule has 0 unspecified atom stereocenters. The summed E-state index contributed by atoms with van der Waals surface area (Å²) in [6.45, 7) is 3.07. The lowest BCUT2D eigenvalue weighted by Gasteiger charge is -2.37. The number of nitro groups is 1. The summed E-state index contributed by atoms with van der Waals surface area (Å²) >= 11 is 11.4. The summed E-state index contributed by atoms with van der Waals surface area (Å²) in [5.74, 6) is 0.621. The van der Waals surface area contributed by atoms with Gasteiger partial charge in [-0.1, -0.05) is 11.6 Å². The van der Waals surface area contributed by atoms with Crippen LogP contribution in [0.2, 0.25) is 5.02 Å². The second-order valence-corrected chi connectivity index (χ2v) is 6.36. The number of pyridine rings is 1. The van der Waals surface area contributed by atoms with Crippen molar-refractivity contribution >= 4 is 46.1 Å². The molecular formula is C16H16ClN5O2S. The SMILES string of the molecule is O=[N+]([O-])c1ccc(N2CCN(C(=S)Nc3cc(Cl)ccn3)CC2)cc1. The third kappa shape index (κ3) is 4.34. The first-order valence-corrected chi connectivity index (χ1v) is 8.48. The van der Waals surface area contributed by atoms with E-state index in [1.165, 1.54) is 12.1 Å². The predicted octanol–water partition coefficient (Wildman–Crippen LogP) is 3.16. The molecule has 1 aliphatic rings. The monoisotopic (exact) mass is 377 g/mol. The number of nitrogens with one attached hydrogen (secondary N) is 1. The standard InChI is InChI=1S/C16H16ClN5O2S/c17-12-5-6-18-15(11-12)19-16(25)21-9-7-20(8-10-21)13-1-3-14(4-2-13)22(23)24/h1-6,11H,7-10H2,(H,18,19,25). The molecule has 7 nitrogen and oxygen atoms in total. The van der Waals surface area contributed by atoms with E-state index in [2.05, 4.69) is 20.1 Å². The van der Waals surface area contributed by atoms with Crippen LogP contribution in [-0.4, -0.2) is 46.1 Å². The zero-order valence-corrected chi connectivity index (χ0v) is 14.8. The van der Waals surface area contributed by atoms with Crippen LogP contribution in [0.25, 0.3) is 0 Å². The van der Waals surface area contributed by atoms with Crippen LogP contribution in [-0.2, 0) is 0 Å². The van der Waals surface area contributed by atoms with E-state index in [0.717, 1.165) is 31.9 Å². The van der Waals surface area contributed by atoms with E-state index < -0.39 is 4.92 Å². The fourth-order valence-electron chi connectivity index (χ4n) is 2.61. The van der Waals surface area contributed by atoms with Crippen LogP contribution in [0.1, 0.15) is 0 Å². The van der Waals surface area contributed by atoms with E-state index in [-0.39, 0.29) is 5.69 Å². The number of halogens is 1. The molecule has 3 rings (SSSR count). The van der Waals surface area contributed by atoms with Crippen molar-refractivity contribution in [2.75, 3.05) is 36.4 Å². The van der Waals surface area contributed by atoms with E-state index in [0.29, 0.717) is 16.0 Å². The molecular weight excluding hydrogens is 362 g/mol. The number of rotatable bonds is 3. The van der Waals surface area contributed by atoms with Gasteiger partial charge in [0.2, 0.25) is 0 Å². The molecule has 1 aliphatic heterocycles. The smallest absolute Gasteiger partial charge is 0.269 e. The van der Waals surface area contributed by atoms with Gasteiger partial charge in [0, 0.05) is 55.2 Å². The topological polar surface area (TPSA) is 74.5 Å². The lowest BCUT2D eigenvalue weighted by molar-refractivity contribution is -0.384. The molecule has 0 bridgehead atoms. The summed E-state index contributed by atoms with van der Waals surface area (Å²) in [6.07, 6.45) is 1.62. The normalized spacial score (nSPS) is 14.3. The molecule has 0 aliphatic carbocycles. The fourth-order valence-corrected chi connectivity index (χ4v) is 3.06. The number of nitro benzene ring substituents is 1. The number of non-ortho nitro benzene ring substituents is 1. The highest BCUT2D eigenvalue weighted by Crippen LogP contribution is 2.21. The lowest BCUT2D eigenvalue weighted by Crippen LogP contribution is -2.50. The summed E-state index contributed by atoms with van der Waals surface area (Å²) in [7, 11) is 0. The van der Waals surface area contributed by atoms with Gasteiger partial charge in [0.25, 0.3) is 5.69 Å². The molecule has 1 saturated heterocycles. The molecule has 130 valence electrons. The van der Waals surface area contributed by atoms with Gasteiger partial charge in [-0.2, -0.15) is 0 Å². The fraction of sp³-hybridized carbons (Fsp3) is 0.250. The predicted molar refractivity (Wildman–Crippen MR) is 102 cm³/mol. The minimum Gasteiger partial charge on any atom is -0.368 e. The Labute approximate surface area is 155 Å². The van der Waals surface area contributed by atoms with Gasteiger partial charge in [0.15, 0.2) is 5.11 Å². The van der Waals surface area contributed by atoms with Crippen molar-refractivity contribution in [3.8, 4) is 0 Å². The molecule has 1 fully saturated rings. The average molecular weight is 378 g/mol. The van der Waals surface area contributed by atoms with Crippen molar-refractivity contribution < 1.29 is 4.92 Å². The van der Waals surface area contributed by atoms with Crippen LogP contribution >= 0.6 is 23.8 Å². The zero-order chi connectivity index (χ0) is 17.8. The van der Waals surface area contributed by atoms with Crippen LogP contribution in [0.5, 0.6) is 0 Å². The molecule has 1 aromatic carbocycles.